The van der Waals surface area contributed by atoms with Gasteiger partial charge in [-0.05, 0) is 35.7 Å². The van der Waals surface area contributed by atoms with Crippen molar-refractivity contribution in [3.8, 4) is 11.6 Å². The number of rotatable bonds is 6. The van der Waals surface area contributed by atoms with Crippen LogP contribution in [-0.4, -0.2) is 23.6 Å². The number of hydrogen-bond acceptors (Lipinski definition) is 6. The van der Waals surface area contributed by atoms with Crippen LogP contribution in [0.2, 0.25) is 0 Å². The predicted molar refractivity (Wildman–Crippen MR) is 92.1 cm³/mol. The van der Waals surface area contributed by atoms with E-state index in [1.54, 1.807) is 36.5 Å². The van der Waals surface area contributed by atoms with Crippen molar-refractivity contribution in [3.63, 3.8) is 0 Å². The lowest BCUT2D eigenvalue weighted by Gasteiger charge is -2.08. The molecule has 130 valence electrons. The standard InChI is InChI=1S/C17H18N4O3S/c1-12(2)13-6-8-14(9-7-13)25(22,23)19-11-16-20-21-17(24-16)15-5-3-4-10-18-15/h3-10,12,19H,11H2,1-2H3. The Morgan fingerprint density at radius 3 is 2.48 bits per heavy atom. The average Bonchev–Trinajstić information content (AvgIpc) is 3.10. The molecule has 0 radical (unpaired) electrons. The van der Waals surface area contributed by atoms with Gasteiger partial charge in [0, 0.05) is 6.20 Å². The quantitative estimate of drug-likeness (QED) is 0.727. The zero-order valence-corrected chi connectivity index (χ0v) is 14.7. The fourth-order valence-corrected chi connectivity index (χ4v) is 3.16. The number of nitrogens with zero attached hydrogens (tertiary/aromatic N) is 3. The molecule has 0 bridgehead atoms. The highest BCUT2D eigenvalue weighted by Gasteiger charge is 2.16. The summed E-state index contributed by atoms with van der Waals surface area (Å²) < 4.78 is 32.6. The Kier molecular flexibility index (Phi) is 4.91. The zero-order valence-electron chi connectivity index (χ0n) is 13.9. The highest BCUT2D eigenvalue weighted by atomic mass is 32.2. The summed E-state index contributed by atoms with van der Waals surface area (Å²) in [5.74, 6) is 0.757. The van der Waals surface area contributed by atoms with E-state index in [-0.39, 0.29) is 23.2 Å². The smallest absolute Gasteiger partial charge is 0.266 e. The van der Waals surface area contributed by atoms with Gasteiger partial charge in [-0.25, -0.2) is 13.1 Å². The third kappa shape index (κ3) is 4.09. The molecular formula is C17H18N4O3S. The molecule has 1 aromatic carbocycles. The summed E-state index contributed by atoms with van der Waals surface area (Å²) in [6, 6.07) is 12.1. The first-order valence-corrected chi connectivity index (χ1v) is 9.27. The molecule has 0 saturated heterocycles. The molecular weight excluding hydrogens is 340 g/mol. The topological polar surface area (TPSA) is 98.0 Å². The van der Waals surface area contributed by atoms with Crippen LogP contribution in [0.5, 0.6) is 0 Å². The first-order chi connectivity index (χ1) is 12.0. The molecule has 1 N–H and O–H groups in total. The van der Waals surface area contributed by atoms with Crippen molar-refractivity contribution in [2.45, 2.75) is 31.2 Å². The summed E-state index contributed by atoms with van der Waals surface area (Å²) in [7, 11) is -3.65. The number of aromatic nitrogens is 3. The molecule has 0 saturated carbocycles. The van der Waals surface area contributed by atoms with E-state index >= 15 is 0 Å². The van der Waals surface area contributed by atoms with Gasteiger partial charge in [-0.2, -0.15) is 0 Å². The molecule has 0 aliphatic carbocycles. The van der Waals surface area contributed by atoms with Crippen LogP contribution in [0.25, 0.3) is 11.6 Å². The first kappa shape index (κ1) is 17.2. The van der Waals surface area contributed by atoms with E-state index in [0.29, 0.717) is 11.6 Å². The highest BCUT2D eigenvalue weighted by Crippen LogP contribution is 2.18. The summed E-state index contributed by atoms with van der Waals surface area (Å²) in [5, 5.41) is 7.72. The maximum absolute atomic E-state index is 12.4. The molecule has 25 heavy (non-hydrogen) atoms. The van der Waals surface area contributed by atoms with Crippen molar-refractivity contribution >= 4 is 10.0 Å². The first-order valence-electron chi connectivity index (χ1n) is 7.79. The third-order valence-electron chi connectivity index (χ3n) is 3.62. The van der Waals surface area contributed by atoms with E-state index in [4.69, 9.17) is 4.42 Å². The van der Waals surface area contributed by atoms with Gasteiger partial charge < -0.3 is 4.42 Å². The van der Waals surface area contributed by atoms with Gasteiger partial charge >= 0.3 is 0 Å². The molecule has 0 fully saturated rings. The maximum atomic E-state index is 12.4. The van der Waals surface area contributed by atoms with Crippen LogP contribution in [-0.2, 0) is 16.6 Å². The van der Waals surface area contributed by atoms with Crippen LogP contribution in [0, 0.1) is 0 Å². The molecule has 2 aromatic heterocycles. The Balaban J connectivity index is 1.69. The van der Waals surface area contributed by atoms with E-state index in [9.17, 15) is 8.42 Å². The van der Waals surface area contributed by atoms with Crippen LogP contribution >= 0.6 is 0 Å². The highest BCUT2D eigenvalue weighted by molar-refractivity contribution is 7.89. The Labute approximate surface area is 146 Å². The molecule has 3 rings (SSSR count). The van der Waals surface area contributed by atoms with Crippen LogP contribution in [0.15, 0.2) is 58.0 Å². The van der Waals surface area contributed by atoms with Crippen molar-refractivity contribution in [2.75, 3.05) is 0 Å². The average molecular weight is 358 g/mol. The number of pyridine rings is 1. The van der Waals surface area contributed by atoms with Gasteiger partial charge in [-0.3, -0.25) is 4.98 Å². The van der Waals surface area contributed by atoms with E-state index in [2.05, 4.69) is 33.8 Å². The zero-order chi connectivity index (χ0) is 17.9. The molecule has 7 nitrogen and oxygen atoms in total. The summed E-state index contributed by atoms with van der Waals surface area (Å²) in [6.45, 7) is 4.02. The van der Waals surface area contributed by atoms with E-state index in [0.717, 1.165) is 5.56 Å². The summed E-state index contributed by atoms with van der Waals surface area (Å²) in [4.78, 5) is 4.30. The van der Waals surface area contributed by atoms with Crippen LogP contribution < -0.4 is 4.72 Å². The van der Waals surface area contributed by atoms with Crippen LogP contribution in [0.1, 0.15) is 31.2 Å². The van der Waals surface area contributed by atoms with Crippen molar-refractivity contribution in [1.82, 2.24) is 19.9 Å². The molecule has 0 unspecified atom stereocenters. The van der Waals surface area contributed by atoms with Crippen molar-refractivity contribution in [1.29, 1.82) is 0 Å². The van der Waals surface area contributed by atoms with Crippen molar-refractivity contribution in [3.05, 3.63) is 60.1 Å². The minimum Gasteiger partial charge on any atom is -0.418 e. The second-order valence-electron chi connectivity index (χ2n) is 5.76. The Hall–Kier alpha value is -2.58. The van der Waals surface area contributed by atoms with Crippen LogP contribution in [0.4, 0.5) is 0 Å². The predicted octanol–water partition coefficient (Wildman–Crippen LogP) is 2.73. The second kappa shape index (κ2) is 7.12. The second-order valence-corrected chi connectivity index (χ2v) is 7.53. The van der Waals surface area contributed by atoms with Gasteiger partial charge in [-0.15, -0.1) is 10.2 Å². The molecule has 0 amide bonds. The molecule has 0 atom stereocenters. The van der Waals surface area contributed by atoms with Crippen LogP contribution in [0.3, 0.4) is 0 Å². The minimum atomic E-state index is -3.65. The van der Waals surface area contributed by atoms with Gasteiger partial charge in [0.25, 0.3) is 5.89 Å². The lowest BCUT2D eigenvalue weighted by molar-refractivity contribution is 0.493. The molecule has 8 heteroatoms. The van der Waals surface area contributed by atoms with Gasteiger partial charge in [-0.1, -0.05) is 32.0 Å². The molecule has 2 heterocycles. The minimum absolute atomic E-state index is 0.0892. The third-order valence-corrected chi connectivity index (χ3v) is 5.04. The SMILES string of the molecule is CC(C)c1ccc(S(=O)(=O)NCc2nnc(-c3ccccn3)o2)cc1. The number of benzene rings is 1. The summed E-state index contributed by atoms with van der Waals surface area (Å²) in [5.41, 5.74) is 1.62. The normalized spacial score (nSPS) is 11.8. The fourth-order valence-electron chi connectivity index (χ4n) is 2.19. The molecule has 0 spiro atoms. The largest absolute Gasteiger partial charge is 0.418 e. The summed E-state index contributed by atoms with van der Waals surface area (Å²) in [6.07, 6.45) is 1.61. The summed E-state index contributed by atoms with van der Waals surface area (Å²) >= 11 is 0. The molecule has 0 aliphatic rings. The Morgan fingerprint density at radius 2 is 1.84 bits per heavy atom. The lowest BCUT2D eigenvalue weighted by atomic mass is 10.0. The van der Waals surface area contributed by atoms with Crippen molar-refractivity contribution < 1.29 is 12.8 Å². The van der Waals surface area contributed by atoms with E-state index in [1.807, 2.05) is 12.1 Å². The number of nitrogens with one attached hydrogen (secondary N) is 1. The fraction of sp³-hybridized carbons (Fsp3) is 0.235. The Morgan fingerprint density at radius 1 is 1.08 bits per heavy atom. The van der Waals surface area contributed by atoms with Gasteiger partial charge in [0.1, 0.15) is 5.69 Å². The molecule has 3 aromatic rings. The van der Waals surface area contributed by atoms with E-state index in [1.165, 1.54) is 0 Å². The maximum Gasteiger partial charge on any atom is 0.266 e. The molecule has 0 aliphatic heterocycles. The Bertz CT molecular complexity index is 936. The van der Waals surface area contributed by atoms with E-state index < -0.39 is 10.0 Å². The van der Waals surface area contributed by atoms with Gasteiger partial charge in [0.05, 0.1) is 11.4 Å². The lowest BCUT2D eigenvalue weighted by Crippen LogP contribution is -2.23. The van der Waals surface area contributed by atoms with Gasteiger partial charge in [0.2, 0.25) is 15.9 Å². The number of hydrogen-bond donors (Lipinski definition) is 1. The number of sulfonamides is 1. The van der Waals surface area contributed by atoms with Gasteiger partial charge in [0.15, 0.2) is 0 Å². The van der Waals surface area contributed by atoms with Crippen molar-refractivity contribution in [2.24, 2.45) is 0 Å². The monoisotopic (exact) mass is 358 g/mol.